The maximum atomic E-state index is 11.9. The van der Waals surface area contributed by atoms with Crippen LogP contribution in [0.5, 0.6) is 0 Å². The second-order valence-corrected chi connectivity index (χ2v) is 6.68. The molecule has 0 atom stereocenters. The van der Waals surface area contributed by atoms with E-state index in [0.717, 1.165) is 11.1 Å². The van der Waals surface area contributed by atoms with Crippen LogP contribution in [-0.4, -0.2) is 30.3 Å². The molecule has 3 amide bonds. The Morgan fingerprint density at radius 1 is 0.833 bits per heavy atom. The molecule has 8 nitrogen and oxygen atoms in total. The minimum Gasteiger partial charge on any atom is -0.456 e. The van der Waals surface area contributed by atoms with Crippen molar-refractivity contribution >= 4 is 29.4 Å². The summed E-state index contributed by atoms with van der Waals surface area (Å²) in [5.74, 6) is -1.87. The van der Waals surface area contributed by atoms with Gasteiger partial charge in [0.1, 0.15) is 0 Å². The van der Waals surface area contributed by atoms with Gasteiger partial charge in [-0.15, -0.1) is 0 Å². The number of carbonyl (C=O) groups is 4. The fourth-order valence-corrected chi connectivity index (χ4v) is 2.53. The number of ether oxygens (including phenoxy) is 1. The van der Waals surface area contributed by atoms with Crippen molar-refractivity contribution in [2.75, 3.05) is 11.9 Å². The molecule has 0 heterocycles. The smallest absolute Gasteiger partial charge is 0.306 e. The van der Waals surface area contributed by atoms with Crippen LogP contribution in [0.4, 0.5) is 5.69 Å². The topological polar surface area (TPSA) is 114 Å². The normalized spacial score (nSPS) is 10.1. The lowest BCUT2D eigenvalue weighted by Gasteiger charge is -2.10. The van der Waals surface area contributed by atoms with E-state index in [1.807, 2.05) is 26.0 Å². The monoisotopic (exact) mass is 411 g/mol. The van der Waals surface area contributed by atoms with Crippen LogP contribution in [0, 0.1) is 13.8 Å². The Morgan fingerprint density at radius 2 is 1.57 bits per heavy atom. The summed E-state index contributed by atoms with van der Waals surface area (Å²) in [4.78, 5) is 47.2. The van der Waals surface area contributed by atoms with E-state index in [9.17, 15) is 19.2 Å². The van der Waals surface area contributed by atoms with Crippen LogP contribution in [0.15, 0.2) is 48.5 Å². The van der Waals surface area contributed by atoms with E-state index in [1.165, 1.54) is 0 Å². The molecule has 0 saturated carbocycles. The number of esters is 1. The van der Waals surface area contributed by atoms with Crippen molar-refractivity contribution in [3.8, 4) is 0 Å². The number of hydrogen-bond acceptors (Lipinski definition) is 5. The second kappa shape index (κ2) is 11.4. The van der Waals surface area contributed by atoms with Gasteiger partial charge in [0.2, 0.25) is 5.91 Å². The van der Waals surface area contributed by atoms with Crippen LogP contribution >= 0.6 is 0 Å². The highest BCUT2D eigenvalue weighted by molar-refractivity contribution is 5.95. The highest BCUT2D eigenvalue weighted by Gasteiger charge is 2.11. The summed E-state index contributed by atoms with van der Waals surface area (Å²) >= 11 is 0. The predicted octanol–water partition coefficient (Wildman–Crippen LogP) is 2.42. The highest BCUT2D eigenvalue weighted by atomic mass is 16.5. The molecule has 8 heteroatoms. The fourth-order valence-electron chi connectivity index (χ4n) is 2.53. The lowest BCUT2D eigenvalue weighted by atomic mass is 10.1. The molecule has 0 saturated heterocycles. The molecule has 0 aliphatic heterocycles. The molecule has 3 N–H and O–H groups in total. The number of benzene rings is 2. The average molecular weight is 411 g/mol. The largest absolute Gasteiger partial charge is 0.456 e. The SMILES string of the molecule is Cc1cccc(NC(=O)COC(=O)CCCC(=O)NNC(=O)c2ccccc2)c1C. The highest BCUT2D eigenvalue weighted by Crippen LogP contribution is 2.17. The minimum absolute atomic E-state index is 0.0171. The Bertz CT molecular complexity index is 912. The summed E-state index contributed by atoms with van der Waals surface area (Å²) in [6.45, 7) is 3.43. The Hall–Kier alpha value is -3.68. The number of nitrogens with one attached hydrogen (secondary N) is 3. The summed E-state index contributed by atoms with van der Waals surface area (Å²) in [7, 11) is 0. The quantitative estimate of drug-likeness (QED) is 0.456. The maximum absolute atomic E-state index is 11.9. The summed E-state index contributed by atoms with van der Waals surface area (Å²) in [5, 5.41) is 2.70. The number of rotatable bonds is 8. The zero-order valence-electron chi connectivity index (χ0n) is 17.0. The van der Waals surface area contributed by atoms with Crippen molar-refractivity contribution in [2.24, 2.45) is 0 Å². The van der Waals surface area contributed by atoms with Gasteiger partial charge in [0.05, 0.1) is 0 Å². The van der Waals surface area contributed by atoms with Crippen LogP contribution in [-0.2, 0) is 19.1 Å². The molecule has 2 aromatic carbocycles. The van der Waals surface area contributed by atoms with Crippen molar-refractivity contribution in [2.45, 2.75) is 33.1 Å². The summed E-state index contributed by atoms with van der Waals surface area (Å²) in [6, 6.07) is 14.0. The van der Waals surface area contributed by atoms with Gasteiger partial charge in [-0.2, -0.15) is 0 Å². The first-order valence-electron chi connectivity index (χ1n) is 9.52. The fraction of sp³-hybridized carbons (Fsp3) is 0.273. The van der Waals surface area contributed by atoms with Crippen molar-refractivity contribution in [3.63, 3.8) is 0 Å². The lowest BCUT2D eigenvalue weighted by Crippen LogP contribution is -2.41. The van der Waals surface area contributed by atoms with Gasteiger partial charge in [-0.25, -0.2) is 0 Å². The molecule has 2 rings (SSSR count). The van der Waals surface area contributed by atoms with E-state index in [1.54, 1.807) is 36.4 Å². The molecule has 0 spiro atoms. The van der Waals surface area contributed by atoms with Crippen LogP contribution in [0.3, 0.4) is 0 Å². The van der Waals surface area contributed by atoms with Gasteiger partial charge in [0.25, 0.3) is 11.8 Å². The Labute approximate surface area is 175 Å². The van der Waals surface area contributed by atoms with Gasteiger partial charge >= 0.3 is 5.97 Å². The van der Waals surface area contributed by atoms with E-state index in [2.05, 4.69) is 16.2 Å². The van der Waals surface area contributed by atoms with Gasteiger partial charge in [0.15, 0.2) is 6.61 Å². The first-order valence-corrected chi connectivity index (χ1v) is 9.52. The second-order valence-electron chi connectivity index (χ2n) is 6.68. The standard InChI is InChI=1S/C22H25N3O5/c1-15-8-6-11-18(16(15)2)23-20(27)14-30-21(28)13-7-12-19(26)24-25-22(29)17-9-4-3-5-10-17/h3-6,8-11H,7,12-14H2,1-2H3,(H,23,27)(H,24,26)(H,25,29). The van der Waals surface area contributed by atoms with Gasteiger partial charge in [-0.1, -0.05) is 30.3 Å². The molecular formula is C22H25N3O5. The summed E-state index contributed by atoms with van der Waals surface area (Å²) < 4.78 is 4.93. The minimum atomic E-state index is -0.577. The van der Waals surface area contributed by atoms with Crippen molar-refractivity contribution < 1.29 is 23.9 Å². The number of hydrogen-bond donors (Lipinski definition) is 3. The number of hydrazine groups is 1. The van der Waals surface area contributed by atoms with Gasteiger partial charge < -0.3 is 10.1 Å². The van der Waals surface area contributed by atoms with E-state index in [0.29, 0.717) is 11.3 Å². The van der Waals surface area contributed by atoms with Crippen LogP contribution in [0.2, 0.25) is 0 Å². The Balaban J connectivity index is 1.61. The zero-order valence-corrected chi connectivity index (χ0v) is 17.0. The third-order valence-electron chi connectivity index (χ3n) is 4.38. The van der Waals surface area contributed by atoms with E-state index in [4.69, 9.17) is 4.74 Å². The third kappa shape index (κ3) is 7.38. The first-order chi connectivity index (χ1) is 14.4. The van der Waals surface area contributed by atoms with E-state index in [-0.39, 0.29) is 19.3 Å². The number of aryl methyl sites for hydroxylation is 1. The summed E-state index contributed by atoms with van der Waals surface area (Å²) in [6.07, 6.45) is 0.236. The van der Waals surface area contributed by atoms with E-state index < -0.39 is 30.3 Å². The number of amides is 3. The molecular weight excluding hydrogens is 386 g/mol. The van der Waals surface area contributed by atoms with Crippen molar-refractivity contribution in [1.29, 1.82) is 0 Å². The van der Waals surface area contributed by atoms with Gasteiger partial charge in [-0.3, -0.25) is 30.0 Å². The molecule has 0 fully saturated rings. The molecule has 30 heavy (non-hydrogen) atoms. The van der Waals surface area contributed by atoms with Crippen LogP contribution < -0.4 is 16.2 Å². The van der Waals surface area contributed by atoms with Gasteiger partial charge in [0, 0.05) is 24.1 Å². The van der Waals surface area contributed by atoms with Crippen molar-refractivity contribution in [3.05, 3.63) is 65.2 Å². The molecule has 0 aliphatic rings. The predicted molar refractivity (Wildman–Crippen MR) is 111 cm³/mol. The molecule has 0 bridgehead atoms. The first kappa shape index (κ1) is 22.6. The summed E-state index contributed by atoms with van der Waals surface area (Å²) in [5.41, 5.74) is 7.67. The van der Waals surface area contributed by atoms with Crippen molar-refractivity contribution in [1.82, 2.24) is 10.9 Å². The van der Waals surface area contributed by atoms with Crippen LogP contribution in [0.25, 0.3) is 0 Å². The third-order valence-corrected chi connectivity index (χ3v) is 4.38. The van der Waals surface area contributed by atoms with Gasteiger partial charge in [-0.05, 0) is 49.6 Å². The number of anilines is 1. The average Bonchev–Trinajstić information content (AvgIpc) is 2.74. The molecule has 0 aromatic heterocycles. The molecule has 2 aromatic rings. The molecule has 0 unspecified atom stereocenters. The molecule has 0 radical (unpaired) electrons. The Kier molecular flexibility index (Phi) is 8.56. The van der Waals surface area contributed by atoms with E-state index >= 15 is 0 Å². The maximum Gasteiger partial charge on any atom is 0.306 e. The molecule has 0 aliphatic carbocycles. The lowest BCUT2D eigenvalue weighted by molar-refractivity contribution is -0.147. The van der Waals surface area contributed by atoms with Crippen LogP contribution in [0.1, 0.15) is 40.7 Å². The Morgan fingerprint density at radius 3 is 2.30 bits per heavy atom. The number of carbonyl (C=O) groups excluding carboxylic acids is 4. The molecule has 158 valence electrons. The zero-order chi connectivity index (χ0) is 21.9.